The van der Waals surface area contributed by atoms with Crippen molar-refractivity contribution in [2.24, 2.45) is 5.92 Å². The summed E-state index contributed by atoms with van der Waals surface area (Å²) < 4.78 is 0. The summed E-state index contributed by atoms with van der Waals surface area (Å²) in [5.74, 6) is 4.57. The average Bonchev–Trinajstić information content (AvgIpc) is 2.19. The van der Waals surface area contributed by atoms with Gasteiger partial charge in [0.2, 0.25) is 0 Å². The predicted molar refractivity (Wildman–Crippen MR) is 54.7 cm³/mol. The van der Waals surface area contributed by atoms with Crippen LogP contribution in [0.4, 0.5) is 0 Å². The topological polar surface area (TPSA) is 37.3 Å². The van der Waals surface area contributed by atoms with Crippen LogP contribution in [-0.4, -0.2) is 11.1 Å². The van der Waals surface area contributed by atoms with E-state index in [0.717, 1.165) is 5.56 Å². The summed E-state index contributed by atoms with van der Waals surface area (Å²) in [6, 6.07) is 9.54. The zero-order valence-electron chi connectivity index (χ0n) is 8.03. The molecule has 0 heterocycles. The zero-order valence-corrected chi connectivity index (χ0v) is 8.03. The molecular formula is C12H12O2. The minimum absolute atomic E-state index is 0.393. The van der Waals surface area contributed by atoms with Gasteiger partial charge < -0.3 is 5.11 Å². The van der Waals surface area contributed by atoms with Crippen molar-refractivity contribution in [3.63, 3.8) is 0 Å². The van der Waals surface area contributed by atoms with E-state index in [0.29, 0.717) is 6.42 Å². The van der Waals surface area contributed by atoms with E-state index in [1.54, 1.807) is 6.92 Å². The van der Waals surface area contributed by atoms with Gasteiger partial charge in [0.1, 0.15) is 0 Å². The molecule has 1 aromatic rings. The highest BCUT2D eigenvalue weighted by atomic mass is 16.4. The molecule has 14 heavy (non-hydrogen) atoms. The summed E-state index contributed by atoms with van der Waals surface area (Å²) in [5, 5.41) is 8.61. The van der Waals surface area contributed by atoms with E-state index >= 15 is 0 Å². The monoisotopic (exact) mass is 188 g/mol. The van der Waals surface area contributed by atoms with Gasteiger partial charge >= 0.3 is 5.97 Å². The lowest BCUT2D eigenvalue weighted by atomic mass is 10.1. The number of carboxylic acids is 1. The van der Waals surface area contributed by atoms with Crippen molar-refractivity contribution < 1.29 is 9.90 Å². The Kier molecular flexibility index (Phi) is 3.75. The standard InChI is InChI=1S/C12H12O2/c1-10(12(13)14)6-5-9-11-7-3-2-4-8-11/h2-4,7-8,10H,6H2,1H3,(H,13,14). The average molecular weight is 188 g/mol. The molecule has 0 aliphatic carbocycles. The molecule has 0 aromatic heterocycles. The SMILES string of the molecule is CC(CC#Cc1ccccc1)C(=O)O. The number of carboxylic acid groups (broad SMARTS) is 1. The molecule has 2 heteroatoms. The molecule has 0 amide bonds. The number of aliphatic carboxylic acids is 1. The fourth-order valence-corrected chi connectivity index (χ4v) is 0.915. The molecule has 72 valence electrons. The lowest BCUT2D eigenvalue weighted by Crippen LogP contribution is -2.07. The molecule has 2 nitrogen and oxygen atoms in total. The Labute approximate surface area is 83.6 Å². The summed E-state index contributed by atoms with van der Waals surface area (Å²) >= 11 is 0. The first-order valence-electron chi connectivity index (χ1n) is 4.47. The third-order valence-corrected chi connectivity index (χ3v) is 1.84. The van der Waals surface area contributed by atoms with Gasteiger partial charge in [0, 0.05) is 12.0 Å². The van der Waals surface area contributed by atoms with Crippen LogP contribution in [0.3, 0.4) is 0 Å². The van der Waals surface area contributed by atoms with Gasteiger partial charge in [0.05, 0.1) is 5.92 Å². The molecule has 0 aliphatic heterocycles. The van der Waals surface area contributed by atoms with E-state index in [1.807, 2.05) is 30.3 Å². The van der Waals surface area contributed by atoms with Crippen LogP contribution in [0.1, 0.15) is 18.9 Å². The van der Waals surface area contributed by atoms with Crippen molar-refractivity contribution in [3.8, 4) is 11.8 Å². The first kappa shape index (κ1) is 10.3. The van der Waals surface area contributed by atoms with Crippen LogP contribution in [-0.2, 0) is 4.79 Å². The highest BCUT2D eigenvalue weighted by Gasteiger charge is 2.07. The normalized spacial score (nSPS) is 11.2. The first-order chi connectivity index (χ1) is 6.70. The summed E-state index contributed by atoms with van der Waals surface area (Å²) in [7, 11) is 0. The summed E-state index contributed by atoms with van der Waals surface area (Å²) in [6.07, 6.45) is 0.393. The maximum Gasteiger partial charge on any atom is 0.307 e. The van der Waals surface area contributed by atoms with Gasteiger partial charge in [-0.15, -0.1) is 0 Å². The second-order valence-electron chi connectivity index (χ2n) is 3.11. The Hall–Kier alpha value is -1.75. The first-order valence-corrected chi connectivity index (χ1v) is 4.47. The van der Waals surface area contributed by atoms with Crippen molar-refractivity contribution in [2.75, 3.05) is 0 Å². The van der Waals surface area contributed by atoms with Crippen LogP contribution in [0, 0.1) is 17.8 Å². The minimum atomic E-state index is -0.799. The zero-order chi connectivity index (χ0) is 10.4. The highest BCUT2D eigenvalue weighted by Crippen LogP contribution is 2.00. The predicted octanol–water partition coefficient (Wildman–Crippen LogP) is 2.15. The van der Waals surface area contributed by atoms with E-state index in [1.165, 1.54) is 0 Å². The number of carbonyl (C=O) groups is 1. The molecule has 0 saturated carbocycles. The van der Waals surface area contributed by atoms with E-state index in [4.69, 9.17) is 5.11 Å². The van der Waals surface area contributed by atoms with Crippen LogP contribution in [0.15, 0.2) is 30.3 Å². The molecule has 1 unspecified atom stereocenters. The minimum Gasteiger partial charge on any atom is -0.481 e. The van der Waals surface area contributed by atoms with Crippen LogP contribution in [0.25, 0.3) is 0 Å². The van der Waals surface area contributed by atoms with Crippen LogP contribution >= 0.6 is 0 Å². The van der Waals surface area contributed by atoms with Crippen molar-refractivity contribution in [1.29, 1.82) is 0 Å². The van der Waals surface area contributed by atoms with Gasteiger partial charge in [-0.2, -0.15) is 0 Å². The van der Waals surface area contributed by atoms with E-state index in [-0.39, 0.29) is 0 Å². The van der Waals surface area contributed by atoms with Gasteiger partial charge in [-0.1, -0.05) is 37.0 Å². The van der Waals surface area contributed by atoms with Crippen LogP contribution in [0.2, 0.25) is 0 Å². The number of benzene rings is 1. The van der Waals surface area contributed by atoms with Crippen LogP contribution in [0.5, 0.6) is 0 Å². The largest absolute Gasteiger partial charge is 0.481 e. The molecule has 1 rings (SSSR count). The molecular weight excluding hydrogens is 176 g/mol. The number of hydrogen-bond donors (Lipinski definition) is 1. The lowest BCUT2D eigenvalue weighted by molar-refractivity contribution is -0.140. The molecule has 0 aliphatic rings. The van der Waals surface area contributed by atoms with Crippen LogP contribution < -0.4 is 0 Å². The molecule has 0 radical (unpaired) electrons. The number of hydrogen-bond acceptors (Lipinski definition) is 1. The molecule has 1 aromatic carbocycles. The summed E-state index contributed by atoms with van der Waals surface area (Å²) in [6.45, 7) is 1.65. The van der Waals surface area contributed by atoms with E-state index < -0.39 is 11.9 Å². The second kappa shape index (κ2) is 5.08. The Morgan fingerprint density at radius 3 is 2.64 bits per heavy atom. The van der Waals surface area contributed by atoms with Crippen molar-refractivity contribution in [2.45, 2.75) is 13.3 Å². The van der Waals surface area contributed by atoms with Crippen molar-refractivity contribution in [3.05, 3.63) is 35.9 Å². The van der Waals surface area contributed by atoms with E-state index in [9.17, 15) is 4.79 Å². The fraction of sp³-hybridized carbons (Fsp3) is 0.250. The van der Waals surface area contributed by atoms with Gasteiger partial charge in [0.15, 0.2) is 0 Å². The molecule has 0 fully saturated rings. The van der Waals surface area contributed by atoms with E-state index in [2.05, 4.69) is 11.8 Å². The quantitative estimate of drug-likeness (QED) is 0.722. The van der Waals surface area contributed by atoms with Gasteiger partial charge in [-0.05, 0) is 12.1 Å². The Bertz CT molecular complexity index is 357. The van der Waals surface area contributed by atoms with Gasteiger partial charge in [-0.25, -0.2) is 0 Å². The fourth-order valence-electron chi connectivity index (χ4n) is 0.915. The third kappa shape index (κ3) is 3.32. The highest BCUT2D eigenvalue weighted by molar-refractivity contribution is 5.69. The second-order valence-corrected chi connectivity index (χ2v) is 3.11. The summed E-state index contributed by atoms with van der Waals surface area (Å²) in [5.41, 5.74) is 0.921. The molecule has 1 N–H and O–H groups in total. The molecule has 0 saturated heterocycles. The van der Waals surface area contributed by atoms with Crippen molar-refractivity contribution in [1.82, 2.24) is 0 Å². The Morgan fingerprint density at radius 2 is 2.07 bits per heavy atom. The molecule has 0 bridgehead atoms. The third-order valence-electron chi connectivity index (χ3n) is 1.84. The lowest BCUT2D eigenvalue weighted by Gasteiger charge is -1.97. The molecule has 1 atom stereocenters. The number of rotatable bonds is 2. The molecule has 0 spiro atoms. The van der Waals surface area contributed by atoms with Gasteiger partial charge in [0.25, 0.3) is 0 Å². The maximum atomic E-state index is 10.5. The van der Waals surface area contributed by atoms with Crippen molar-refractivity contribution >= 4 is 5.97 Å². The maximum absolute atomic E-state index is 10.5. The smallest absolute Gasteiger partial charge is 0.307 e. The summed E-state index contributed by atoms with van der Waals surface area (Å²) in [4.78, 5) is 10.5. The Balaban J connectivity index is 2.53. The van der Waals surface area contributed by atoms with Gasteiger partial charge in [-0.3, -0.25) is 4.79 Å². The Morgan fingerprint density at radius 1 is 1.43 bits per heavy atom.